The first kappa shape index (κ1) is 16.9. The molecule has 104 valence electrons. The van der Waals surface area contributed by atoms with Crippen molar-refractivity contribution >= 4 is 0 Å². The lowest BCUT2D eigenvalue weighted by Crippen LogP contribution is -2.37. The van der Waals surface area contributed by atoms with E-state index in [4.69, 9.17) is 0 Å². The molecular formula is C13H21F3N2. The van der Waals surface area contributed by atoms with Gasteiger partial charge < -0.3 is 11.5 Å². The molecule has 0 fully saturated rings. The van der Waals surface area contributed by atoms with Crippen LogP contribution in [0.2, 0.25) is 0 Å². The van der Waals surface area contributed by atoms with E-state index in [9.17, 15) is 13.2 Å². The van der Waals surface area contributed by atoms with E-state index in [-0.39, 0.29) is 11.7 Å². The van der Waals surface area contributed by atoms with E-state index < -0.39 is 11.7 Å². The van der Waals surface area contributed by atoms with Gasteiger partial charge in [0.1, 0.15) is 0 Å². The van der Waals surface area contributed by atoms with Gasteiger partial charge in [-0.2, -0.15) is 13.2 Å². The number of hydrogen-bond donors (Lipinski definition) is 2. The maximum atomic E-state index is 12.5. The molecule has 0 bridgehead atoms. The lowest BCUT2D eigenvalue weighted by Gasteiger charge is -2.20. The van der Waals surface area contributed by atoms with Crippen LogP contribution in [0.1, 0.15) is 31.9 Å². The summed E-state index contributed by atoms with van der Waals surface area (Å²) in [6, 6.07) is 5.49. The van der Waals surface area contributed by atoms with Crippen LogP contribution in [0.5, 0.6) is 0 Å². The molecule has 0 aliphatic heterocycles. The summed E-state index contributed by atoms with van der Waals surface area (Å²) < 4.78 is 37.4. The summed E-state index contributed by atoms with van der Waals surface area (Å²) in [7, 11) is 0. The fourth-order valence-electron chi connectivity index (χ4n) is 1.49. The van der Waals surface area contributed by atoms with E-state index in [2.05, 4.69) is 5.32 Å². The number of nitrogens with one attached hydrogen (secondary N) is 1. The lowest BCUT2D eigenvalue weighted by atomic mass is 10.1. The molecule has 5 heteroatoms. The largest absolute Gasteiger partial charge is 0.416 e. The fraction of sp³-hybridized carbons (Fsp3) is 0.538. The summed E-state index contributed by atoms with van der Waals surface area (Å²) in [5.74, 6) is 0. The summed E-state index contributed by atoms with van der Waals surface area (Å²) in [5, 5.41) is 3.25. The first-order valence-electron chi connectivity index (χ1n) is 5.60. The van der Waals surface area contributed by atoms with Crippen molar-refractivity contribution in [2.24, 2.45) is 0 Å². The van der Waals surface area contributed by atoms with Crippen LogP contribution in [-0.2, 0) is 12.6 Å². The van der Waals surface area contributed by atoms with Crippen molar-refractivity contribution < 1.29 is 13.2 Å². The average Bonchev–Trinajstić information content (AvgIpc) is 2.15. The molecule has 0 aromatic heterocycles. The molecule has 18 heavy (non-hydrogen) atoms. The Labute approximate surface area is 106 Å². The second-order valence-electron chi connectivity index (χ2n) is 5.12. The number of rotatable bonds is 3. The Hall–Kier alpha value is -1.07. The van der Waals surface area contributed by atoms with Crippen LogP contribution < -0.4 is 11.5 Å². The molecule has 0 spiro atoms. The third-order valence-corrected chi connectivity index (χ3v) is 2.32. The molecule has 1 aromatic carbocycles. The Morgan fingerprint density at radius 1 is 1.11 bits per heavy atom. The summed E-state index contributed by atoms with van der Waals surface area (Å²) in [6.45, 7) is 6.75. The van der Waals surface area contributed by atoms with Gasteiger partial charge in [0, 0.05) is 5.54 Å². The monoisotopic (exact) mass is 262 g/mol. The number of benzene rings is 1. The highest BCUT2D eigenvalue weighted by atomic mass is 19.4. The van der Waals surface area contributed by atoms with Gasteiger partial charge in [0.15, 0.2) is 0 Å². The normalized spacial score (nSPS) is 12.1. The molecule has 0 saturated carbocycles. The van der Waals surface area contributed by atoms with Gasteiger partial charge in [-0.3, -0.25) is 0 Å². The number of halogens is 3. The van der Waals surface area contributed by atoms with Crippen LogP contribution >= 0.6 is 0 Å². The minimum absolute atomic E-state index is 0. The molecule has 0 aliphatic rings. The minimum Gasteiger partial charge on any atom is -0.344 e. The summed E-state index contributed by atoms with van der Waals surface area (Å²) in [4.78, 5) is 0. The molecule has 0 atom stereocenters. The maximum absolute atomic E-state index is 12.5. The van der Waals surface area contributed by atoms with Crippen molar-refractivity contribution in [2.75, 3.05) is 6.54 Å². The smallest absolute Gasteiger partial charge is 0.344 e. The Morgan fingerprint density at radius 2 is 1.72 bits per heavy atom. The van der Waals surface area contributed by atoms with E-state index >= 15 is 0 Å². The molecule has 1 aromatic rings. The van der Waals surface area contributed by atoms with Crippen LogP contribution in [0, 0.1) is 0 Å². The average molecular weight is 262 g/mol. The zero-order valence-corrected chi connectivity index (χ0v) is 11.1. The van der Waals surface area contributed by atoms with Crippen LogP contribution in [0.15, 0.2) is 24.3 Å². The van der Waals surface area contributed by atoms with Gasteiger partial charge in [0.25, 0.3) is 0 Å². The zero-order valence-electron chi connectivity index (χ0n) is 11.1. The number of hydrogen-bond acceptors (Lipinski definition) is 2. The van der Waals surface area contributed by atoms with Gasteiger partial charge in [-0.15, -0.1) is 0 Å². The molecule has 0 amide bonds. The van der Waals surface area contributed by atoms with Gasteiger partial charge >= 0.3 is 6.18 Å². The van der Waals surface area contributed by atoms with Gasteiger partial charge in [-0.05, 0) is 45.4 Å². The van der Waals surface area contributed by atoms with E-state index in [0.29, 0.717) is 18.5 Å². The predicted molar refractivity (Wildman–Crippen MR) is 67.9 cm³/mol. The van der Waals surface area contributed by atoms with Crippen LogP contribution in [-0.4, -0.2) is 12.1 Å². The van der Waals surface area contributed by atoms with E-state index in [0.717, 1.165) is 6.07 Å². The first-order chi connectivity index (χ1) is 7.68. The third-order valence-electron chi connectivity index (χ3n) is 2.32. The van der Waals surface area contributed by atoms with Crippen molar-refractivity contribution in [2.45, 2.75) is 38.9 Å². The van der Waals surface area contributed by atoms with Crippen molar-refractivity contribution in [1.29, 1.82) is 0 Å². The highest BCUT2D eigenvalue weighted by Crippen LogP contribution is 2.29. The van der Waals surface area contributed by atoms with Crippen LogP contribution in [0.4, 0.5) is 13.2 Å². The standard InChI is InChI=1S/C13H18F3N.H3N/c1-12(2,3)17-8-7-10-5-4-6-11(9-10)13(14,15)16;/h4-6,9,17H,7-8H2,1-3H3;1H3. The van der Waals surface area contributed by atoms with E-state index in [1.807, 2.05) is 20.8 Å². The second-order valence-corrected chi connectivity index (χ2v) is 5.12. The highest BCUT2D eigenvalue weighted by Gasteiger charge is 2.30. The second kappa shape index (κ2) is 6.20. The van der Waals surface area contributed by atoms with Gasteiger partial charge in [-0.25, -0.2) is 0 Å². The van der Waals surface area contributed by atoms with Crippen molar-refractivity contribution in [3.63, 3.8) is 0 Å². The topological polar surface area (TPSA) is 47.0 Å². The summed E-state index contributed by atoms with van der Waals surface area (Å²) in [5.41, 5.74) is 0.115. The Morgan fingerprint density at radius 3 is 2.22 bits per heavy atom. The number of alkyl halides is 3. The van der Waals surface area contributed by atoms with E-state index in [1.54, 1.807) is 6.07 Å². The maximum Gasteiger partial charge on any atom is 0.416 e. The minimum atomic E-state index is -4.26. The molecule has 0 heterocycles. The van der Waals surface area contributed by atoms with Crippen molar-refractivity contribution in [3.05, 3.63) is 35.4 Å². The van der Waals surface area contributed by atoms with Crippen LogP contribution in [0.25, 0.3) is 0 Å². The Balaban J connectivity index is 0.00000289. The lowest BCUT2D eigenvalue weighted by molar-refractivity contribution is -0.137. The fourth-order valence-corrected chi connectivity index (χ4v) is 1.49. The molecule has 0 aliphatic carbocycles. The summed E-state index contributed by atoms with van der Waals surface area (Å²) >= 11 is 0. The van der Waals surface area contributed by atoms with Crippen molar-refractivity contribution in [1.82, 2.24) is 11.5 Å². The quantitative estimate of drug-likeness (QED) is 0.870. The van der Waals surface area contributed by atoms with Crippen molar-refractivity contribution in [3.8, 4) is 0 Å². The predicted octanol–water partition coefficient (Wildman–Crippen LogP) is 3.80. The molecular weight excluding hydrogens is 241 g/mol. The van der Waals surface area contributed by atoms with Gasteiger partial charge in [-0.1, -0.05) is 18.2 Å². The van der Waals surface area contributed by atoms with Gasteiger partial charge in [0.05, 0.1) is 5.56 Å². The molecule has 1 rings (SSSR count). The van der Waals surface area contributed by atoms with Crippen LogP contribution in [0.3, 0.4) is 0 Å². The Bertz CT molecular complexity index is 367. The molecule has 0 saturated heterocycles. The molecule has 2 nitrogen and oxygen atoms in total. The Kier molecular flexibility index (Phi) is 5.83. The molecule has 0 radical (unpaired) electrons. The SMILES string of the molecule is CC(C)(C)NCCc1cccc(C(F)(F)F)c1.N. The van der Waals surface area contributed by atoms with E-state index in [1.165, 1.54) is 12.1 Å². The first-order valence-corrected chi connectivity index (χ1v) is 5.60. The van der Waals surface area contributed by atoms with Gasteiger partial charge in [0.2, 0.25) is 0 Å². The zero-order chi connectivity index (χ0) is 13.1. The highest BCUT2D eigenvalue weighted by molar-refractivity contribution is 5.25. The molecule has 0 unspecified atom stereocenters. The third kappa shape index (κ3) is 6.02. The summed E-state index contributed by atoms with van der Waals surface area (Å²) in [6.07, 6.45) is -3.66. The molecule has 4 N–H and O–H groups in total.